The van der Waals surface area contributed by atoms with Gasteiger partial charge in [0, 0.05) is 11.3 Å². The third kappa shape index (κ3) is 4.01. The van der Waals surface area contributed by atoms with Crippen molar-refractivity contribution in [2.45, 2.75) is 13.3 Å². The molecule has 0 saturated heterocycles. The zero-order valence-electron chi connectivity index (χ0n) is 15.1. The van der Waals surface area contributed by atoms with E-state index in [1.165, 1.54) is 18.4 Å². The van der Waals surface area contributed by atoms with Crippen molar-refractivity contribution in [2.75, 3.05) is 12.4 Å². The standard InChI is InChI=1S/C21H20N2O3S/c1-13-17(12-14-8-4-3-5-9-14)27-21(18(13)19(22)24)23-20(25)15-10-6-7-11-16(15)26-2/h3-11H,12H2,1-2H3,(H2,22,24)(H,23,25). The number of amides is 2. The van der Waals surface area contributed by atoms with Gasteiger partial charge in [0.25, 0.3) is 11.8 Å². The smallest absolute Gasteiger partial charge is 0.260 e. The highest BCUT2D eigenvalue weighted by atomic mass is 32.1. The van der Waals surface area contributed by atoms with Gasteiger partial charge >= 0.3 is 0 Å². The van der Waals surface area contributed by atoms with Gasteiger partial charge in [-0.1, -0.05) is 42.5 Å². The monoisotopic (exact) mass is 380 g/mol. The summed E-state index contributed by atoms with van der Waals surface area (Å²) in [5.74, 6) is -0.436. The molecule has 0 spiro atoms. The minimum Gasteiger partial charge on any atom is -0.496 e. The van der Waals surface area contributed by atoms with Crippen LogP contribution in [0.4, 0.5) is 5.00 Å². The Labute approximate surface area is 161 Å². The molecule has 0 unspecified atom stereocenters. The maximum atomic E-state index is 12.7. The van der Waals surface area contributed by atoms with Crippen LogP contribution in [0.25, 0.3) is 0 Å². The number of ether oxygens (including phenoxy) is 1. The molecule has 0 radical (unpaired) electrons. The molecule has 0 aliphatic heterocycles. The van der Waals surface area contributed by atoms with Gasteiger partial charge in [-0.25, -0.2) is 0 Å². The maximum Gasteiger partial charge on any atom is 0.260 e. The largest absolute Gasteiger partial charge is 0.496 e. The summed E-state index contributed by atoms with van der Waals surface area (Å²) in [5, 5.41) is 3.29. The summed E-state index contributed by atoms with van der Waals surface area (Å²) >= 11 is 1.37. The lowest BCUT2D eigenvalue weighted by Crippen LogP contribution is -2.17. The highest BCUT2D eigenvalue weighted by Crippen LogP contribution is 2.35. The molecule has 5 nitrogen and oxygen atoms in total. The minimum absolute atomic E-state index is 0.345. The van der Waals surface area contributed by atoms with Crippen LogP contribution in [-0.2, 0) is 6.42 Å². The van der Waals surface area contributed by atoms with Crippen LogP contribution in [0.2, 0.25) is 0 Å². The summed E-state index contributed by atoms with van der Waals surface area (Å²) < 4.78 is 5.24. The van der Waals surface area contributed by atoms with E-state index in [4.69, 9.17) is 10.5 Å². The van der Waals surface area contributed by atoms with E-state index in [0.717, 1.165) is 16.0 Å². The molecule has 1 heterocycles. The van der Waals surface area contributed by atoms with E-state index in [1.54, 1.807) is 24.3 Å². The predicted octanol–water partition coefficient (Wildman–Crippen LogP) is 4.01. The average molecular weight is 380 g/mol. The van der Waals surface area contributed by atoms with Crippen LogP contribution in [0.5, 0.6) is 5.75 Å². The maximum absolute atomic E-state index is 12.7. The normalized spacial score (nSPS) is 10.4. The van der Waals surface area contributed by atoms with Crippen LogP contribution in [0.1, 0.15) is 36.7 Å². The first-order valence-electron chi connectivity index (χ1n) is 8.41. The lowest BCUT2D eigenvalue weighted by Gasteiger charge is -2.08. The number of carbonyl (C=O) groups is 2. The number of hydrogen-bond donors (Lipinski definition) is 2. The van der Waals surface area contributed by atoms with E-state index in [-0.39, 0.29) is 5.91 Å². The van der Waals surface area contributed by atoms with Gasteiger partial charge in [0.05, 0.1) is 18.2 Å². The lowest BCUT2D eigenvalue weighted by atomic mass is 10.1. The van der Waals surface area contributed by atoms with Crippen LogP contribution in [0, 0.1) is 6.92 Å². The first kappa shape index (κ1) is 18.7. The third-order valence-electron chi connectivity index (χ3n) is 4.28. The van der Waals surface area contributed by atoms with E-state index < -0.39 is 5.91 Å². The van der Waals surface area contributed by atoms with Crippen molar-refractivity contribution in [1.29, 1.82) is 0 Å². The number of nitrogens with one attached hydrogen (secondary N) is 1. The third-order valence-corrected chi connectivity index (χ3v) is 5.49. The SMILES string of the molecule is COc1ccccc1C(=O)Nc1sc(Cc2ccccc2)c(C)c1C(N)=O. The number of methoxy groups -OCH3 is 1. The Morgan fingerprint density at radius 1 is 1.07 bits per heavy atom. The summed E-state index contributed by atoms with van der Waals surface area (Å²) in [6.45, 7) is 1.85. The van der Waals surface area contributed by atoms with Crippen LogP contribution >= 0.6 is 11.3 Å². The number of hydrogen-bond acceptors (Lipinski definition) is 4. The quantitative estimate of drug-likeness (QED) is 0.678. The first-order valence-corrected chi connectivity index (χ1v) is 9.23. The topological polar surface area (TPSA) is 81.4 Å². The van der Waals surface area contributed by atoms with Crippen molar-refractivity contribution in [3.63, 3.8) is 0 Å². The number of carbonyl (C=O) groups excluding carboxylic acids is 2. The Bertz CT molecular complexity index is 980. The molecule has 2 aromatic carbocycles. The van der Waals surface area contributed by atoms with E-state index in [1.807, 2.05) is 37.3 Å². The average Bonchev–Trinajstić information content (AvgIpc) is 2.97. The van der Waals surface area contributed by atoms with E-state index in [0.29, 0.717) is 28.3 Å². The summed E-state index contributed by atoms with van der Waals surface area (Å²) in [6.07, 6.45) is 0.669. The number of para-hydroxylation sites is 1. The predicted molar refractivity (Wildman–Crippen MR) is 108 cm³/mol. The highest BCUT2D eigenvalue weighted by molar-refractivity contribution is 7.17. The van der Waals surface area contributed by atoms with Gasteiger partial charge in [-0.3, -0.25) is 9.59 Å². The molecule has 0 fully saturated rings. The van der Waals surface area contributed by atoms with Gasteiger partial charge < -0.3 is 15.8 Å². The fraction of sp³-hybridized carbons (Fsp3) is 0.143. The molecule has 0 bridgehead atoms. The Kier molecular flexibility index (Phi) is 5.57. The molecule has 0 saturated carbocycles. The number of primary amides is 1. The zero-order chi connectivity index (χ0) is 19.4. The number of thiophene rings is 1. The molecule has 0 atom stereocenters. The molecule has 2 amide bonds. The van der Waals surface area contributed by atoms with Crippen LogP contribution in [0.3, 0.4) is 0 Å². The van der Waals surface area contributed by atoms with Gasteiger partial charge in [-0.2, -0.15) is 0 Å². The van der Waals surface area contributed by atoms with E-state index >= 15 is 0 Å². The van der Waals surface area contributed by atoms with Gasteiger partial charge in [-0.05, 0) is 30.2 Å². The summed E-state index contributed by atoms with van der Waals surface area (Å²) in [7, 11) is 1.51. The van der Waals surface area contributed by atoms with Crippen LogP contribution in [-0.4, -0.2) is 18.9 Å². The first-order chi connectivity index (χ1) is 13.0. The van der Waals surface area contributed by atoms with E-state index in [9.17, 15) is 9.59 Å². The highest BCUT2D eigenvalue weighted by Gasteiger charge is 2.22. The molecule has 27 heavy (non-hydrogen) atoms. The Morgan fingerprint density at radius 2 is 1.74 bits per heavy atom. The molecule has 138 valence electrons. The molecule has 1 aromatic heterocycles. The Morgan fingerprint density at radius 3 is 2.41 bits per heavy atom. The summed E-state index contributed by atoms with van der Waals surface area (Å²) in [4.78, 5) is 25.7. The molecule has 0 aliphatic carbocycles. The lowest BCUT2D eigenvalue weighted by molar-refractivity contribution is 0.100. The summed E-state index contributed by atoms with van der Waals surface area (Å²) in [5.41, 5.74) is 8.26. The van der Waals surface area contributed by atoms with Crippen molar-refractivity contribution in [3.8, 4) is 5.75 Å². The van der Waals surface area contributed by atoms with Gasteiger partial charge in [0.1, 0.15) is 10.8 Å². The van der Waals surface area contributed by atoms with Crippen LogP contribution in [0.15, 0.2) is 54.6 Å². The fourth-order valence-corrected chi connectivity index (χ4v) is 4.14. The van der Waals surface area contributed by atoms with Crippen molar-refractivity contribution in [2.24, 2.45) is 5.73 Å². The van der Waals surface area contributed by atoms with Crippen molar-refractivity contribution in [1.82, 2.24) is 0 Å². The Hall–Kier alpha value is -3.12. The summed E-state index contributed by atoms with van der Waals surface area (Å²) in [6, 6.07) is 16.9. The molecule has 3 aromatic rings. The molecule has 3 rings (SSSR count). The fourth-order valence-electron chi connectivity index (χ4n) is 2.90. The Balaban J connectivity index is 1.94. The van der Waals surface area contributed by atoms with E-state index in [2.05, 4.69) is 5.32 Å². The van der Waals surface area contributed by atoms with Crippen molar-refractivity contribution in [3.05, 3.63) is 81.7 Å². The van der Waals surface area contributed by atoms with Gasteiger partial charge in [0.2, 0.25) is 0 Å². The van der Waals surface area contributed by atoms with Crippen molar-refractivity contribution >= 4 is 28.2 Å². The molecular formula is C21H20N2O3S. The van der Waals surface area contributed by atoms with Gasteiger partial charge in [-0.15, -0.1) is 11.3 Å². The minimum atomic E-state index is -0.557. The van der Waals surface area contributed by atoms with Gasteiger partial charge in [0.15, 0.2) is 0 Å². The molecule has 3 N–H and O–H groups in total. The number of benzene rings is 2. The second kappa shape index (κ2) is 8.05. The zero-order valence-corrected chi connectivity index (χ0v) is 15.9. The number of nitrogens with two attached hydrogens (primary N) is 1. The van der Waals surface area contributed by atoms with Crippen molar-refractivity contribution < 1.29 is 14.3 Å². The molecule has 6 heteroatoms. The number of rotatable bonds is 6. The number of anilines is 1. The molecular weight excluding hydrogens is 360 g/mol. The molecule has 0 aliphatic rings. The second-order valence-corrected chi connectivity index (χ2v) is 7.14. The second-order valence-electron chi connectivity index (χ2n) is 6.04. The van der Waals surface area contributed by atoms with Crippen LogP contribution < -0.4 is 15.8 Å².